The summed E-state index contributed by atoms with van der Waals surface area (Å²) in [5, 5.41) is 9.33. The molecule has 4 heteroatoms. The predicted octanol–water partition coefficient (Wildman–Crippen LogP) is 2.01. The molecular weight excluding hydrogens is 252 g/mol. The molecule has 0 aromatic carbocycles. The molecule has 1 atom stereocenters. The second-order valence-corrected chi connectivity index (χ2v) is 6.23. The van der Waals surface area contributed by atoms with Gasteiger partial charge >= 0.3 is 0 Å². The molecule has 2 heterocycles. The Morgan fingerprint density at radius 1 is 1.30 bits per heavy atom. The zero-order valence-corrected chi connectivity index (χ0v) is 12.4. The molecule has 1 aromatic rings. The van der Waals surface area contributed by atoms with E-state index in [-0.39, 0.29) is 6.61 Å². The summed E-state index contributed by atoms with van der Waals surface area (Å²) in [6.07, 6.45) is 4.98. The molecule has 0 amide bonds. The summed E-state index contributed by atoms with van der Waals surface area (Å²) in [6, 6.07) is 5.37. The predicted molar refractivity (Wildman–Crippen MR) is 78.6 cm³/mol. The van der Waals surface area contributed by atoms with Crippen LogP contribution in [-0.2, 0) is 6.54 Å². The largest absolute Gasteiger partial charge is 0.465 e. The van der Waals surface area contributed by atoms with Crippen LogP contribution in [0.5, 0.6) is 0 Å². The van der Waals surface area contributed by atoms with Crippen LogP contribution in [0.3, 0.4) is 0 Å². The Balaban J connectivity index is 1.61. The van der Waals surface area contributed by atoms with Crippen molar-refractivity contribution >= 4 is 0 Å². The molecular formula is C16H26N2O2. The summed E-state index contributed by atoms with van der Waals surface area (Å²) in [5.41, 5.74) is 0. The number of aryl methyl sites for hydroxylation is 1. The highest BCUT2D eigenvalue weighted by atomic mass is 16.3. The number of hydrogen-bond acceptors (Lipinski definition) is 4. The second kappa shape index (κ2) is 6.29. The molecule has 0 bridgehead atoms. The molecule has 4 nitrogen and oxygen atoms in total. The van der Waals surface area contributed by atoms with E-state index in [0.717, 1.165) is 50.2 Å². The second-order valence-electron chi connectivity index (χ2n) is 6.23. The smallest absolute Gasteiger partial charge is 0.118 e. The Morgan fingerprint density at radius 2 is 2.15 bits per heavy atom. The molecule has 1 aliphatic carbocycles. The van der Waals surface area contributed by atoms with Gasteiger partial charge in [0, 0.05) is 38.3 Å². The summed E-state index contributed by atoms with van der Waals surface area (Å²) >= 11 is 0. The van der Waals surface area contributed by atoms with Crippen LogP contribution in [0.1, 0.15) is 37.2 Å². The molecule has 1 aliphatic heterocycles. The van der Waals surface area contributed by atoms with E-state index >= 15 is 0 Å². The van der Waals surface area contributed by atoms with Crippen LogP contribution in [0.15, 0.2) is 16.5 Å². The third-order valence-corrected chi connectivity index (χ3v) is 4.84. The minimum atomic E-state index is 0.275. The van der Waals surface area contributed by atoms with Crippen molar-refractivity contribution in [2.45, 2.75) is 51.2 Å². The summed E-state index contributed by atoms with van der Waals surface area (Å²) < 4.78 is 5.70. The average Bonchev–Trinajstić information content (AvgIpc) is 2.76. The van der Waals surface area contributed by atoms with Crippen molar-refractivity contribution in [1.29, 1.82) is 0 Å². The van der Waals surface area contributed by atoms with E-state index in [2.05, 4.69) is 15.9 Å². The number of piperazine rings is 1. The summed E-state index contributed by atoms with van der Waals surface area (Å²) in [6.45, 7) is 6.48. The first-order valence-electron chi connectivity index (χ1n) is 7.90. The lowest BCUT2D eigenvalue weighted by Crippen LogP contribution is -2.56. The van der Waals surface area contributed by atoms with Crippen LogP contribution in [-0.4, -0.2) is 53.2 Å². The monoisotopic (exact) mass is 278 g/mol. The first kappa shape index (κ1) is 14.1. The number of nitrogens with zero attached hydrogens (tertiary/aromatic N) is 2. The first-order valence-corrected chi connectivity index (χ1v) is 7.90. The van der Waals surface area contributed by atoms with E-state index in [1.54, 1.807) is 0 Å². The number of furan rings is 1. The van der Waals surface area contributed by atoms with Gasteiger partial charge in [-0.1, -0.05) is 6.42 Å². The van der Waals surface area contributed by atoms with Gasteiger partial charge in [0.2, 0.25) is 0 Å². The quantitative estimate of drug-likeness (QED) is 0.894. The Kier molecular flexibility index (Phi) is 4.44. The molecule has 1 saturated carbocycles. The van der Waals surface area contributed by atoms with Crippen molar-refractivity contribution in [2.75, 3.05) is 26.2 Å². The lowest BCUT2D eigenvalue weighted by Gasteiger charge is -2.46. The van der Waals surface area contributed by atoms with Crippen molar-refractivity contribution in [3.05, 3.63) is 23.7 Å². The van der Waals surface area contributed by atoms with Crippen molar-refractivity contribution in [2.24, 2.45) is 0 Å². The average molecular weight is 278 g/mol. The molecule has 1 saturated heterocycles. The van der Waals surface area contributed by atoms with Crippen LogP contribution in [0.2, 0.25) is 0 Å². The van der Waals surface area contributed by atoms with Gasteiger partial charge in [-0.2, -0.15) is 0 Å². The van der Waals surface area contributed by atoms with Crippen LogP contribution in [0, 0.1) is 6.92 Å². The lowest BCUT2D eigenvalue weighted by atomic mass is 9.90. The maximum Gasteiger partial charge on any atom is 0.118 e. The van der Waals surface area contributed by atoms with Crippen LogP contribution < -0.4 is 0 Å². The summed E-state index contributed by atoms with van der Waals surface area (Å²) in [7, 11) is 0. The normalized spacial score (nSPS) is 25.8. The molecule has 20 heavy (non-hydrogen) atoms. The summed E-state index contributed by atoms with van der Waals surface area (Å²) in [4.78, 5) is 5.11. The van der Waals surface area contributed by atoms with E-state index in [4.69, 9.17) is 4.42 Å². The van der Waals surface area contributed by atoms with E-state index in [9.17, 15) is 5.11 Å². The Morgan fingerprint density at radius 3 is 2.75 bits per heavy atom. The minimum Gasteiger partial charge on any atom is -0.465 e. The highest BCUT2D eigenvalue weighted by Crippen LogP contribution is 2.28. The summed E-state index contributed by atoms with van der Waals surface area (Å²) in [5.74, 6) is 2.02. The van der Waals surface area contributed by atoms with Gasteiger partial charge in [0.1, 0.15) is 11.5 Å². The van der Waals surface area contributed by atoms with Gasteiger partial charge < -0.3 is 9.52 Å². The topological polar surface area (TPSA) is 39.9 Å². The van der Waals surface area contributed by atoms with Crippen molar-refractivity contribution < 1.29 is 9.52 Å². The number of hydrogen-bond donors (Lipinski definition) is 1. The minimum absolute atomic E-state index is 0.275. The van der Waals surface area contributed by atoms with Gasteiger partial charge in [-0.3, -0.25) is 9.80 Å². The molecule has 1 N–H and O–H groups in total. The molecule has 112 valence electrons. The van der Waals surface area contributed by atoms with Crippen molar-refractivity contribution in [3.63, 3.8) is 0 Å². The fourth-order valence-electron chi connectivity index (χ4n) is 3.40. The maximum atomic E-state index is 9.33. The Labute approximate surface area is 121 Å². The van der Waals surface area contributed by atoms with Crippen molar-refractivity contribution in [1.82, 2.24) is 9.80 Å². The fraction of sp³-hybridized carbons (Fsp3) is 0.750. The van der Waals surface area contributed by atoms with Gasteiger partial charge in [-0.15, -0.1) is 0 Å². The molecule has 0 spiro atoms. The van der Waals surface area contributed by atoms with Gasteiger partial charge in [-0.25, -0.2) is 0 Å². The third-order valence-electron chi connectivity index (χ3n) is 4.84. The molecule has 1 aromatic heterocycles. The van der Waals surface area contributed by atoms with Gasteiger partial charge in [-0.05, 0) is 38.3 Å². The van der Waals surface area contributed by atoms with Gasteiger partial charge in [0.25, 0.3) is 0 Å². The Bertz CT molecular complexity index is 428. The van der Waals surface area contributed by atoms with Crippen LogP contribution >= 0.6 is 0 Å². The van der Waals surface area contributed by atoms with E-state index in [1.807, 2.05) is 13.0 Å². The van der Waals surface area contributed by atoms with E-state index < -0.39 is 0 Å². The zero-order chi connectivity index (χ0) is 13.9. The number of rotatable bonds is 5. The van der Waals surface area contributed by atoms with Gasteiger partial charge in [0.05, 0.1) is 6.54 Å². The van der Waals surface area contributed by atoms with E-state index in [1.165, 1.54) is 19.3 Å². The molecule has 2 aliphatic rings. The highest BCUT2D eigenvalue weighted by Gasteiger charge is 2.33. The third kappa shape index (κ3) is 3.08. The SMILES string of the molecule is Cc1ccc(CN2CCN(C3CCC3)C[C@@H]2CCO)o1. The number of aliphatic hydroxyl groups is 1. The van der Waals surface area contributed by atoms with Crippen LogP contribution in [0.25, 0.3) is 0 Å². The first-order chi connectivity index (χ1) is 9.76. The van der Waals surface area contributed by atoms with Crippen molar-refractivity contribution in [3.8, 4) is 0 Å². The molecule has 3 rings (SSSR count). The highest BCUT2D eigenvalue weighted by molar-refractivity contribution is 5.06. The van der Waals surface area contributed by atoms with Gasteiger partial charge in [0.15, 0.2) is 0 Å². The van der Waals surface area contributed by atoms with Crippen LogP contribution in [0.4, 0.5) is 0 Å². The Hall–Kier alpha value is -0.840. The zero-order valence-electron chi connectivity index (χ0n) is 12.4. The fourth-order valence-corrected chi connectivity index (χ4v) is 3.40. The number of aliphatic hydroxyl groups excluding tert-OH is 1. The molecule has 0 unspecified atom stereocenters. The molecule has 2 fully saturated rings. The van der Waals surface area contributed by atoms with E-state index in [0.29, 0.717) is 6.04 Å². The lowest BCUT2D eigenvalue weighted by molar-refractivity contribution is 0.00834. The standard InChI is InChI=1S/C16H26N2O2/c1-13-5-6-16(20-13)12-18-9-8-17(14-3-2-4-14)11-15(18)7-10-19/h5-6,14-15,19H,2-4,7-12H2,1H3/t15-/m0/s1. The maximum absolute atomic E-state index is 9.33. The molecule has 0 radical (unpaired) electrons.